The van der Waals surface area contributed by atoms with Gasteiger partial charge in [0.1, 0.15) is 0 Å². The average molecular weight is 314 g/mol. The van der Waals surface area contributed by atoms with Crippen molar-refractivity contribution in [1.29, 1.82) is 0 Å². The second kappa shape index (κ2) is 18.8. The van der Waals surface area contributed by atoms with E-state index in [1.807, 2.05) is 6.92 Å². The molecule has 0 rings (SSSR count). The molecule has 0 spiro atoms. The summed E-state index contributed by atoms with van der Waals surface area (Å²) in [5, 5.41) is 7.91. The van der Waals surface area contributed by atoms with Crippen LogP contribution in [0.4, 0.5) is 0 Å². The summed E-state index contributed by atoms with van der Waals surface area (Å²) in [4.78, 5) is 9.60. The molecule has 0 aromatic carbocycles. The zero-order valence-electron chi connectivity index (χ0n) is 11.3. The normalized spacial score (nSPS) is 7.92. The Hall–Kier alpha value is 1.04. The summed E-state index contributed by atoms with van der Waals surface area (Å²) in [6.07, 6.45) is 6.56. The van der Waals surface area contributed by atoms with Crippen molar-refractivity contribution in [2.24, 2.45) is 0 Å². The van der Waals surface area contributed by atoms with Gasteiger partial charge in [-0.15, -0.1) is 0 Å². The molecule has 0 saturated carbocycles. The number of rotatable bonds is 5. The molecular formula is C10H24BaO2. The molecule has 0 unspecified atom stereocenters. The molecule has 78 valence electrons. The van der Waals surface area contributed by atoms with Gasteiger partial charge in [0.15, 0.2) is 0 Å². The van der Waals surface area contributed by atoms with Crippen molar-refractivity contribution in [2.45, 2.75) is 59.3 Å². The largest absolute Gasteiger partial charge is 2.00 e. The van der Waals surface area contributed by atoms with Crippen LogP contribution < -0.4 is 0 Å². The van der Waals surface area contributed by atoms with Crippen LogP contribution in [0.25, 0.3) is 0 Å². The van der Waals surface area contributed by atoms with Crippen molar-refractivity contribution in [3.63, 3.8) is 0 Å². The van der Waals surface area contributed by atoms with Gasteiger partial charge < -0.3 is 7.96 Å². The first-order valence-electron chi connectivity index (χ1n) is 4.90. The Labute approximate surface area is 126 Å². The molecule has 0 heterocycles. The molecule has 0 radical (unpaired) electrons. The van der Waals surface area contributed by atoms with Gasteiger partial charge in [-0.25, -0.2) is 0 Å². The summed E-state index contributed by atoms with van der Waals surface area (Å²) in [6, 6.07) is 0. The van der Waals surface area contributed by atoms with Crippen LogP contribution in [0.1, 0.15) is 62.1 Å². The smallest absolute Gasteiger partial charge is 1.00 e. The van der Waals surface area contributed by atoms with E-state index >= 15 is 0 Å². The maximum atomic E-state index is 9.60. The third-order valence-electron chi connectivity index (χ3n) is 1.42. The van der Waals surface area contributed by atoms with Crippen LogP contribution >= 0.6 is 0 Å². The van der Waals surface area contributed by atoms with Gasteiger partial charge in [0.05, 0.1) is 0 Å². The standard InChI is InChI=1S/C6H14.C4H8O2.Ba.2H/c1-3-5-6-4-2;1-2-3-4(5)6;;;/h3-6H2,1-2H3;2-3H2,1H3,(H,5,6);;;/q;;+2;2*-1. The van der Waals surface area contributed by atoms with Crippen molar-refractivity contribution in [1.82, 2.24) is 0 Å². The molecule has 0 bridgehead atoms. The molecule has 13 heavy (non-hydrogen) atoms. The number of carboxylic acids is 1. The van der Waals surface area contributed by atoms with Crippen LogP contribution in [0.15, 0.2) is 0 Å². The Morgan fingerprint density at radius 3 is 1.54 bits per heavy atom. The Kier molecular flexibility index (Phi) is 28.3. The zero-order chi connectivity index (χ0) is 9.82. The molecule has 0 atom stereocenters. The van der Waals surface area contributed by atoms with E-state index in [1.54, 1.807) is 0 Å². The van der Waals surface area contributed by atoms with Gasteiger partial charge in [-0.05, 0) is 6.42 Å². The van der Waals surface area contributed by atoms with Crippen molar-refractivity contribution in [2.75, 3.05) is 0 Å². The van der Waals surface area contributed by atoms with Crippen LogP contribution in [0.3, 0.4) is 0 Å². The van der Waals surface area contributed by atoms with E-state index in [2.05, 4.69) is 13.8 Å². The van der Waals surface area contributed by atoms with Crippen molar-refractivity contribution >= 4 is 54.9 Å². The van der Waals surface area contributed by atoms with Crippen LogP contribution in [0.2, 0.25) is 0 Å². The van der Waals surface area contributed by atoms with Gasteiger partial charge in [-0.2, -0.15) is 0 Å². The molecule has 0 amide bonds. The van der Waals surface area contributed by atoms with Gasteiger partial charge in [0.25, 0.3) is 0 Å². The topological polar surface area (TPSA) is 37.3 Å². The van der Waals surface area contributed by atoms with Gasteiger partial charge >= 0.3 is 54.9 Å². The second-order valence-electron chi connectivity index (χ2n) is 2.85. The molecular weight excluding hydrogens is 289 g/mol. The molecule has 1 N–H and O–H groups in total. The molecule has 0 aromatic rings. The van der Waals surface area contributed by atoms with E-state index in [0.29, 0.717) is 6.42 Å². The first kappa shape index (κ1) is 19.6. The van der Waals surface area contributed by atoms with Crippen molar-refractivity contribution in [3.05, 3.63) is 0 Å². The number of carbonyl (C=O) groups is 1. The number of unbranched alkanes of at least 4 members (excludes halogenated alkanes) is 3. The number of carboxylic acid groups (broad SMARTS) is 1. The van der Waals surface area contributed by atoms with Crippen molar-refractivity contribution < 1.29 is 12.8 Å². The zero-order valence-corrected chi connectivity index (χ0v) is 13.7. The van der Waals surface area contributed by atoms with Crippen LogP contribution in [0.5, 0.6) is 0 Å². The minimum atomic E-state index is -0.711. The first-order chi connectivity index (χ1) is 5.68. The maximum Gasteiger partial charge on any atom is 2.00 e. The predicted molar refractivity (Wildman–Crippen MR) is 60.3 cm³/mol. The van der Waals surface area contributed by atoms with Gasteiger partial charge in [-0.3, -0.25) is 4.79 Å². The second-order valence-corrected chi connectivity index (χ2v) is 2.85. The van der Waals surface area contributed by atoms with E-state index in [-0.39, 0.29) is 51.7 Å². The van der Waals surface area contributed by atoms with Crippen LogP contribution in [-0.4, -0.2) is 60.0 Å². The Balaban J connectivity index is -0.0000000370. The summed E-state index contributed by atoms with van der Waals surface area (Å²) in [5.74, 6) is -0.711. The summed E-state index contributed by atoms with van der Waals surface area (Å²) >= 11 is 0. The van der Waals surface area contributed by atoms with E-state index in [4.69, 9.17) is 5.11 Å². The average Bonchev–Trinajstić information content (AvgIpc) is 2.02. The van der Waals surface area contributed by atoms with E-state index < -0.39 is 5.97 Å². The number of hydrogen-bond donors (Lipinski definition) is 1. The van der Waals surface area contributed by atoms with Crippen LogP contribution in [0, 0.1) is 0 Å². The summed E-state index contributed by atoms with van der Waals surface area (Å²) in [5.41, 5.74) is 0. The minimum Gasteiger partial charge on any atom is -1.00 e. The van der Waals surface area contributed by atoms with Crippen molar-refractivity contribution in [3.8, 4) is 0 Å². The van der Waals surface area contributed by atoms with Crippen LogP contribution in [-0.2, 0) is 4.79 Å². The molecule has 0 aliphatic rings. The fourth-order valence-electron chi connectivity index (χ4n) is 0.714. The summed E-state index contributed by atoms with van der Waals surface area (Å²) in [6.45, 7) is 6.30. The number of hydrogen-bond acceptors (Lipinski definition) is 1. The summed E-state index contributed by atoms with van der Waals surface area (Å²) in [7, 11) is 0. The molecule has 0 fully saturated rings. The summed E-state index contributed by atoms with van der Waals surface area (Å²) < 4.78 is 0. The SMILES string of the molecule is CCCC(=O)O.CCCCCC.[Ba+2].[H-].[H-]. The predicted octanol–water partition coefficient (Wildman–Crippen LogP) is 3.30. The molecule has 0 aromatic heterocycles. The molecule has 0 aliphatic heterocycles. The monoisotopic (exact) mass is 314 g/mol. The molecule has 0 aliphatic carbocycles. The molecule has 0 saturated heterocycles. The van der Waals surface area contributed by atoms with E-state index in [9.17, 15) is 4.79 Å². The molecule has 3 heteroatoms. The Morgan fingerprint density at radius 2 is 1.46 bits per heavy atom. The number of aliphatic carboxylic acids is 1. The first-order valence-corrected chi connectivity index (χ1v) is 4.90. The quantitative estimate of drug-likeness (QED) is 0.624. The third kappa shape index (κ3) is 32.1. The fourth-order valence-corrected chi connectivity index (χ4v) is 0.714. The van der Waals surface area contributed by atoms with Gasteiger partial charge in [0, 0.05) is 6.42 Å². The third-order valence-corrected chi connectivity index (χ3v) is 1.42. The molecule has 2 nitrogen and oxygen atoms in total. The fraction of sp³-hybridized carbons (Fsp3) is 0.900. The Morgan fingerprint density at radius 1 is 1.08 bits per heavy atom. The van der Waals surface area contributed by atoms with E-state index in [0.717, 1.165) is 6.42 Å². The Bertz CT molecular complexity index is 99.4. The van der Waals surface area contributed by atoms with Gasteiger partial charge in [0.2, 0.25) is 0 Å². The van der Waals surface area contributed by atoms with E-state index in [1.165, 1.54) is 25.7 Å². The van der Waals surface area contributed by atoms with Gasteiger partial charge in [-0.1, -0.05) is 46.5 Å². The minimum absolute atomic E-state index is 0. The maximum absolute atomic E-state index is 9.60.